The zero-order valence-electron chi connectivity index (χ0n) is 17.9. The molecular weight excluding hydrogens is 382 g/mol. The van der Waals surface area contributed by atoms with E-state index in [-0.39, 0.29) is 24.4 Å². The van der Waals surface area contributed by atoms with Gasteiger partial charge in [0, 0.05) is 31.4 Å². The van der Waals surface area contributed by atoms with E-state index in [9.17, 15) is 4.79 Å². The second-order valence-corrected chi connectivity index (χ2v) is 7.97. The third-order valence-electron chi connectivity index (χ3n) is 6.28. The Kier molecular flexibility index (Phi) is 6.18. The first kappa shape index (κ1) is 20.6. The van der Waals surface area contributed by atoms with Crippen LogP contribution in [0.25, 0.3) is 0 Å². The lowest BCUT2D eigenvalue weighted by Crippen LogP contribution is -2.50. The maximum absolute atomic E-state index is 13.6. The van der Waals surface area contributed by atoms with Crippen LogP contribution >= 0.6 is 0 Å². The topological polar surface area (TPSA) is 73.8 Å². The Bertz CT molecular complexity index is 911. The van der Waals surface area contributed by atoms with Gasteiger partial charge in [-0.15, -0.1) is 0 Å². The highest BCUT2D eigenvalue weighted by molar-refractivity contribution is 5.80. The van der Waals surface area contributed by atoms with Crippen molar-refractivity contribution in [3.63, 3.8) is 0 Å². The van der Waals surface area contributed by atoms with E-state index in [1.807, 2.05) is 13.0 Å². The van der Waals surface area contributed by atoms with Gasteiger partial charge in [0.25, 0.3) is 0 Å². The van der Waals surface area contributed by atoms with E-state index in [1.165, 1.54) is 18.2 Å². The standard InChI is InChI=1S/C23H29N3O4/c1-15-19(22(28-2)25-23(24-15)29-3)13-21(27)26-14-18-7-5-4-6-17(18)12-20(26)16-8-10-30-11-9-16/h4-7,16,20H,8-14H2,1-3H3. The zero-order chi connectivity index (χ0) is 21.1. The maximum Gasteiger partial charge on any atom is 0.319 e. The fourth-order valence-corrected chi connectivity index (χ4v) is 4.60. The highest BCUT2D eigenvalue weighted by atomic mass is 16.5. The molecule has 1 amide bonds. The molecule has 1 atom stereocenters. The third-order valence-corrected chi connectivity index (χ3v) is 6.28. The average Bonchev–Trinajstić information content (AvgIpc) is 2.79. The van der Waals surface area contributed by atoms with Crippen molar-refractivity contribution < 1.29 is 19.0 Å². The predicted molar refractivity (Wildman–Crippen MR) is 112 cm³/mol. The summed E-state index contributed by atoms with van der Waals surface area (Å²) >= 11 is 0. The number of amides is 1. The summed E-state index contributed by atoms with van der Waals surface area (Å²) in [4.78, 5) is 24.2. The Morgan fingerprint density at radius 2 is 1.87 bits per heavy atom. The quantitative estimate of drug-likeness (QED) is 0.753. The molecule has 1 fully saturated rings. The molecule has 4 rings (SSSR count). The molecule has 1 aromatic heterocycles. The van der Waals surface area contributed by atoms with Gasteiger partial charge in [-0.2, -0.15) is 4.98 Å². The predicted octanol–water partition coefficient (Wildman–Crippen LogP) is 2.72. The van der Waals surface area contributed by atoms with Crippen LogP contribution in [0.4, 0.5) is 0 Å². The summed E-state index contributed by atoms with van der Waals surface area (Å²) < 4.78 is 16.1. The smallest absolute Gasteiger partial charge is 0.319 e. The molecular formula is C23H29N3O4. The summed E-state index contributed by atoms with van der Waals surface area (Å²) in [5.41, 5.74) is 3.99. The van der Waals surface area contributed by atoms with E-state index in [0.29, 0.717) is 29.6 Å². The monoisotopic (exact) mass is 411 g/mol. The number of carbonyl (C=O) groups is 1. The van der Waals surface area contributed by atoms with Crippen molar-refractivity contribution in [3.8, 4) is 11.9 Å². The molecule has 7 heteroatoms. The molecule has 3 heterocycles. The normalized spacial score (nSPS) is 19.3. The molecule has 30 heavy (non-hydrogen) atoms. The highest BCUT2D eigenvalue weighted by Crippen LogP contribution is 2.33. The van der Waals surface area contributed by atoms with Gasteiger partial charge in [-0.05, 0) is 43.2 Å². The summed E-state index contributed by atoms with van der Waals surface area (Å²) in [6, 6.07) is 8.86. The van der Waals surface area contributed by atoms with E-state index in [0.717, 1.165) is 32.5 Å². The van der Waals surface area contributed by atoms with Crippen molar-refractivity contribution in [2.45, 2.75) is 45.2 Å². The second-order valence-electron chi connectivity index (χ2n) is 7.97. The van der Waals surface area contributed by atoms with Gasteiger partial charge in [-0.25, -0.2) is 4.98 Å². The average molecular weight is 412 g/mol. The Labute approximate surface area is 177 Å². The van der Waals surface area contributed by atoms with Gasteiger partial charge in [0.1, 0.15) is 0 Å². The van der Waals surface area contributed by atoms with Crippen LogP contribution in [0.2, 0.25) is 0 Å². The summed E-state index contributed by atoms with van der Waals surface area (Å²) in [7, 11) is 3.07. The first-order valence-electron chi connectivity index (χ1n) is 10.5. The molecule has 2 aliphatic rings. The largest absolute Gasteiger partial charge is 0.481 e. The number of rotatable bonds is 5. The molecule has 2 aliphatic heterocycles. The molecule has 0 bridgehead atoms. The van der Waals surface area contributed by atoms with Gasteiger partial charge < -0.3 is 19.1 Å². The Hall–Kier alpha value is -2.67. The van der Waals surface area contributed by atoms with Crippen LogP contribution < -0.4 is 9.47 Å². The first-order chi connectivity index (χ1) is 14.6. The lowest BCUT2D eigenvalue weighted by atomic mass is 9.82. The van der Waals surface area contributed by atoms with Crippen LogP contribution in [0.3, 0.4) is 0 Å². The Morgan fingerprint density at radius 1 is 1.13 bits per heavy atom. The maximum atomic E-state index is 13.6. The minimum Gasteiger partial charge on any atom is -0.481 e. The van der Waals surface area contributed by atoms with E-state index >= 15 is 0 Å². The van der Waals surface area contributed by atoms with Crippen LogP contribution in [-0.4, -0.2) is 54.3 Å². The van der Waals surface area contributed by atoms with Gasteiger partial charge in [0.05, 0.1) is 26.3 Å². The number of ether oxygens (including phenoxy) is 3. The van der Waals surface area contributed by atoms with Crippen molar-refractivity contribution in [2.24, 2.45) is 5.92 Å². The molecule has 0 aliphatic carbocycles. The molecule has 2 aromatic rings. The van der Waals surface area contributed by atoms with Gasteiger partial charge in [0.2, 0.25) is 11.8 Å². The number of fused-ring (bicyclic) bond motifs is 1. The SMILES string of the molecule is COc1nc(C)c(CC(=O)N2Cc3ccccc3CC2C2CCOCC2)c(OC)n1. The fourth-order valence-electron chi connectivity index (χ4n) is 4.60. The van der Waals surface area contributed by atoms with Crippen molar-refractivity contribution >= 4 is 5.91 Å². The number of nitrogens with zero attached hydrogens (tertiary/aromatic N) is 3. The van der Waals surface area contributed by atoms with Crippen molar-refractivity contribution in [3.05, 3.63) is 46.6 Å². The van der Waals surface area contributed by atoms with E-state index in [2.05, 4.69) is 33.1 Å². The number of aromatic nitrogens is 2. The lowest BCUT2D eigenvalue weighted by molar-refractivity contribution is -0.136. The van der Waals surface area contributed by atoms with Crippen molar-refractivity contribution in [1.29, 1.82) is 0 Å². The number of methoxy groups -OCH3 is 2. The molecule has 0 radical (unpaired) electrons. The molecule has 160 valence electrons. The van der Waals surface area contributed by atoms with Crippen LogP contribution in [0, 0.1) is 12.8 Å². The van der Waals surface area contributed by atoms with Crippen LogP contribution in [-0.2, 0) is 28.9 Å². The summed E-state index contributed by atoms with van der Waals surface area (Å²) in [5.74, 6) is 0.926. The molecule has 0 N–H and O–H groups in total. The lowest BCUT2D eigenvalue weighted by Gasteiger charge is -2.42. The van der Waals surface area contributed by atoms with Gasteiger partial charge >= 0.3 is 6.01 Å². The zero-order valence-corrected chi connectivity index (χ0v) is 17.9. The fraction of sp³-hybridized carbons (Fsp3) is 0.522. The minimum absolute atomic E-state index is 0.0798. The Balaban J connectivity index is 1.62. The van der Waals surface area contributed by atoms with Crippen molar-refractivity contribution in [1.82, 2.24) is 14.9 Å². The number of carbonyl (C=O) groups excluding carboxylic acids is 1. The second kappa shape index (κ2) is 9.00. The van der Waals surface area contributed by atoms with E-state index in [4.69, 9.17) is 14.2 Å². The van der Waals surface area contributed by atoms with E-state index < -0.39 is 0 Å². The minimum atomic E-state index is 0.0798. The number of benzene rings is 1. The number of hydrogen-bond acceptors (Lipinski definition) is 6. The number of aryl methyl sites for hydroxylation is 1. The highest BCUT2D eigenvalue weighted by Gasteiger charge is 2.36. The van der Waals surface area contributed by atoms with Gasteiger partial charge in [0.15, 0.2) is 0 Å². The summed E-state index contributed by atoms with van der Waals surface area (Å²) in [6.07, 6.45) is 3.08. The summed E-state index contributed by atoms with van der Waals surface area (Å²) in [6.45, 7) is 4.03. The van der Waals surface area contributed by atoms with Crippen LogP contribution in [0.1, 0.15) is 35.2 Å². The van der Waals surface area contributed by atoms with E-state index in [1.54, 1.807) is 7.11 Å². The van der Waals surface area contributed by atoms with Crippen molar-refractivity contribution in [2.75, 3.05) is 27.4 Å². The molecule has 1 aromatic carbocycles. The molecule has 0 spiro atoms. The third kappa shape index (κ3) is 4.12. The van der Waals surface area contributed by atoms with Crippen LogP contribution in [0.15, 0.2) is 24.3 Å². The molecule has 1 unspecified atom stereocenters. The molecule has 0 saturated carbocycles. The molecule has 1 saturated heterocycles. The number of hydrogen-bond donors (Lipinski definition) is 0. The molecule has 7 nitrogen and oxygen atoms in total. The summed E-state index contributed by atoms with van der Waals surface area (Å²) in [5, 5.41) is 0. The van der Waals surface area contributed by atoms with Gasteiger partial charge in [-0.3, -0.25) is 4.79 Å². The Morgan fingerprint density at radius 3 is 2.57 bits per heavy atom. The van der Waals surface area contributed by atoms with Gasteiger partial charge in [-0.1, -0.05) is 24.3 Å². The van der Waals surface area contributed by atoms with Crippen LogP contribution in [0.5, 0.6) is 11.9 Å². The first-order valence-corrected chi connectivity index (χ1v) is 10.5.